The van der Waals surface area contributed by atoms with Crippen LogP contribution in [0.2, 0.25) is 0 Å². The first-order chi connectivity index (χ1) is 4.22. The lowest BCUT2D eigenvalue weighted by atomic mass is 10.1. The molecule has 0 fully saturated rings. The summed E-state index contributed by atoms with van der Waals surface area (Å²) < 4.78 is 0. The molecule has 0 aromatic carbocycles. The Morgan fingerprint density at radius 2 is 2.56 bits per heavy atom. The molecule has 1 rings (SSSR count). The molecule has 0 spiro atoms. The van der Waals surface area contributed by atoms with Crippen LogP contribution in [0.1, 0.15) is 0 Å². The lowest BCUT2D eigenvalue weighted by molar-refractivity contribution is -0.121. The van der Waals surface area contributed by atoms with E-state index in [1.54, 1.807) is 0 Å². The van der Waals surface area contributed by atoms with Gasteiger partial charge in [0.1, 0.15) is 6.04 Å². The smallest absolute Gasteiger partial charge is 0.244 e. The Kier molecular flexibility index (Phi) is 1.48. The maximum atomic E-state index is 10.6. The number of carbonyl (C=O) groups is 1. The highest BCUT2D eigenvalue weighted by Gasteiger charge is 2.21. The third kappa shape index (κ3) is 1.08. The molecule has 1 aliphatic heterocycles. The van der Waals surface area contributed by atoms with Crippen molar-refractivity contribution in [2.45, 2.75) is 12.1 Å². The summed E-state index contributed by atoms with van der Waals surface area (Å²) in [6, 6.07) is -0.922. The number of rotatable bonds is 0. The molecule has 0 saturated carbocycles. The molecule has 1 heterocycles. The van der Waals surface area contributed by atoms with E-state index in [4.69, 9.17) is 5.73 Å². The van der Waals surface area contributed by atoms with Gasteiger partial charge in [-0.1, -0.05) is 0 Å². The Labute approximate surface area is 53.1 Å². The number of nitrogens with zero attached hydrogens (tertiary/aromatic N) is 1. The van der Waals surface area contributed by atoms with Gasteiger partial charge in [-0.3, -0.25) is 9.79 Å². The maximum Gasteiger partial charge on any atom is 0.244 e. The highest BCUT2D eigenvalue weighted by Crippen LogP contribution is 1.96. The van der Waals surface area contributed by atoms with Gasteiger partial charge in [0.25, 0.3) is 0 Å². The summed E-state index contributed by atoms with van der Waals surface area (Å²) in [4.78, 5) is 14.4. The van der Waals surface area contributed by atoms with Crippen molar-refractivity contribution in [1.29, 1.82) is 0 Å². The molecule has 0 aromatic rings. The number of nitrogens with two attached hydrogens (primary N) is 1. The van der Waals surface area contributed by atoms with Crippen LogP contribution in [0.15, 0.2) is 4.99 Å². The number of aliphatic imine (C=N–C) groups is 1. The van der Waals surface area contributed by atoms with Crippen LogP contribution < -0.4 is 11.1 Å². The van der Waals surface area contributed by atoms with Crippen LogP contribution in [0.25, 0.3) is 0 Å². The molecule has 2 atom stereocenters. The van der Waals surface area contributed by atoms with E-state index in [1.807, 2.05) is 0 Å². The molecule has 1 aliphatic rings. The van der Waals surface area contributed by atoms with Crippen molar-refractivity contribution in [1.82, 2.24) is 5.32 Å². The zero-order valence-corrected chi connectivity index (χ0v) is 4.87. The van der Waals surface area contributed by atoms with E-state index >= 15 is 0 Å². The van der Waals surface area contributed by atoms with E-state index in [-0.39, 0.29) is 11.9 Å². The standard InChI is InChI=1S/C5H8N3O/c1-3-4(6)5(9)8-2-7-3/h2-4H,1,6H2,(H,7,8,9). The van der Waals surface area contributed by atoms with Crippen molar-refractivity contribution in [3.05, 3.63) is 6.92 Å². The Balaban J connectivity index is 2.69. The molecule has 0 aromatic heterocycles. The Bertz CT molecular complexity index is 154. The minimum absolute atomic E-state index is 0.218. The van der Waals surface area contributed by atoms with Gasteiger partial charge in [-0.2, -0.15) is 0 Å². The van der Waals surface area contributed by atoms with Crippen molar-refractivity contribution in [3.8, 4) is 0 Å². The van der Waals surface area contributed by atoms with Crippen LogP contribution in [0.4, 0.5) is 0 Å². The molecule has 9 heavy (non-hydrogen) atoms. The van der Waals surface area contributed by atoms with Crippen LogP contribution in [0.3, 0.4) is 0 Å². The minimum atomic E-state index is -0.588. The summed E-state index contributed by atoms with van der Waals surface area (Å²) in [7, 11) is 0. The molecule has 0 aliphatic carbocycles. The van der Waals surface area contributed by atoms with Gasteiger partial charge in [0.05, 0.1) is 12.4 Å². The molecule has 2 unspecified atom stereocenters. The fraction of sp³-hybridized carbons (Fsp3) is 0.400. The van der Waals surface area contributed by atoms with E-state index in [1.165, 1.54) is 6.34 Å². The summed E-state index contributed by atoms with van der Waals surface area (Å²) in [5, 5.41) is 2.37. The quantitative estimate of drug-likeness (QED) is 0.422. The second-order valence-electron chi connectivity index (χ2n) is 1.88. The number of hydrogen-bond acceptors (Lipinski definition) is 3. The molecule has 1 radical (unpaired) electrons. The predicted molar refractivity (Wildman–Crippen MR) is 33.8 cm³/mol. The monoisotopic (exact) mass is 126 g/mol. The number of nitrogens with one attached hydrogen (secondary N) is 1. The summed E-state index contributed by atoms with van der Waals surface area (Å²) in [6.45, 7) is 3.55. The molecule has 0 bridgehead atoms. The maximum absolute atomic E-state index is 10.6. The molecule has 3 N–H and O–H groups in total. The predicted octanol–water partition coefficient (Wildman–Crippen LogP) is -1.33. The summed E-state index contributed by atoms with van der Waals surface area (Å²) >= 11 is 0. The highest BCUT2D eigenvalue weighted by atomic mass is 16.2. The van der Waals surface area contributed by atoms with Gasteiger partial charge in [-0.25, -0.2) is 0 Å². The van der Waals surface area contributed by atoms with Crippen LogP contribution in [0.5, 0.6) is 0 Å². The molecular weight excluding hydrogens is 118 g/mol. The fourth-order valence-electron chi connectivity index (χ4n) is 0.560. The van der Waals surface area contributed by atoms with Crippen LogP contribution in [-0.4, -0.2) is 24.3 Å². The largest absolute Gasteiger partial charge is 0.318 e. The second-order valence-corrected chi connectivity index (χ2v) is 1.88. The van der Waals surface area contributed by atoms with Crippen LogP contribution in [0, 0.1) is 6.92 Å². The number of amides is 1. The normalized spacial score (nSPS) is 34.2. The second kappa shape index (κ2) is 2.14. The Hall–Kier alpha value is -0.900. The van der Waals surface area contributed by atoms with Gasteiger partial charge in [-0.15, -0.1) is 0 Å². The van der Waals surface area contributed by atoms with Gasteiger partial charge in [0, 0.05) is 0 Å². The Morgan fingerprint density at radius 1 is 1.89 bits per heavy atom. The van der Waals surface area contributed by atoms with Crippen molar-refractivity contribution in [3.63, 3.8) is 0 Å². The van der Waals surface area contributed by atoms with Gasteiger partial charge in [0.2, 0.25) is 5.91 Å². The van der Waals surface area contributed by atoms with Crippen molar-refractivity contribution < 1.29 is 4.79 Å². The van der Waals surface area contributed by atoms with Gasteiger partial charge in [0.15, 0.2) is 0 Å². The summed E-state index contributed by atoms with van der Waals surface area (Å²) in [5.74, 6) is -0.218. The average Bonchev–Trinajstić information content (AvgIpc) is 1.83. The van der Waals surface area contributed by atoms with Gasteiger partial charge >= 0.3 is 0 Å². The fourth-order valence-corrected chi connectivity index (χ4v) is 0.560. The minimum Gasteiger partial charge on any atom is -0.318 e. The molecular formula is C5H8N3O. The van der Waals surface area contributed by atoms with Gasteiger partial charge < -0.3 is 11.1 Å². The third-order valence-electron chi connectivity index (χ3n) is 1.19. The van der Waals surface area contributed by atoms with E-state index < -0.39 is 6.04 Å². The highest BCUT2D eigenvalue weighted by molar-refractivity contribution is 5.93. The molecule has 1 amide bonds. The summed E-state index contributed by atoms with van der Waals surface area (Å²) in [5.41, 5.74) is 5.33. The molecule has 49 valence electrons. The molecule has 4 nitrogen and oxygen atoms in total. The first-order valence-corrected chi connectivity index (χ1v) is 2.62. The third-order valence-corrected chi connectivity index (χ3v) is 1.19. The number of carbonyl (C=O) groups excluding carboxylic acids is 1. The zero-order chi connectivity index (χ0) is 6.85. The first kappa shape index (κ1) is 6.22. The van der Waals surface area contributed by atoms with E-state index in [9.17, 15) is 4.79 Å². The first-order valence-electron chi connectivity index (χ1n) is 2.62. The van der Waals surface area contributed by atoms with Crippen LogP contribution >= 0.6 is 0 Å². The molecule has 4 heteroatoms. The van der Waals surface area contributed by atoms with Crippen LogP contribution in [-0.2, 0) is 4.79 Å². The summed E-state index contributed by atoms with van der Waals surface area (Å²) in [6.07, 6.45) is 1.32. The topological polar surface area (TPSA) is 67.5 Å². The lowest BCUT2D eigenvalue weighted by Crippen LogP contribution is -2.49. The SMILES string of the molecule is [CH2]C1N=CNC(=O)C1N. The van der Waals surface area contributed by atoms with Crippen molar-refractivity contribution >= 4 is 12.2 Å². The average molecular weight is 126 g/mol. The van der Waals surface area contributed by atoms with E-state index in [0.717, 1.165) is 0 Å². The lowest BCUT2D eigenvalue weighted by Gasteiger charge is -2.17. The van der Waals surface area contributed by atoms with Crippen molar-refractivity contribution in [2.75, 3.05) is 0 Å². The van der Waals surface area contributed by atoms with E-state index in [2.05, 4.69) is 17.2 Å². The zero-order valence-electron chi connectivity index (χ0n) is 4.87. The van der Waals surface area contributed by atoms with Crippen molar-refractivity contribution in [2.24, 2.45) is 10.7 Å². The van der Waals surface area contributed by atoms with Gasteiger partial charge in [-0.05, 0) is 6.92 Å². The van der Waals surface area contributed by atoms with E-state index in [0.29, 0.717) is 0 Å². The Morgan fingerprint density at radius 3 is 3.00 bits per heavy atom. The number of hydrogen-bond donors (Lipinski definition) is 2. The molecule has 0 saturated heterocycles.